The molecule has 0 fully saturated rings. The summed E-state index contributed by atoms with van der Waals surface area (Å²) < 4.78 is 15.2. The maximum Gasteiger partial charge on any atom is 0.223 e. The van der Waals surface area contributed by atoms with Crippen molar-refractivity contribution in [3.8, 4) is 0 Å². The highest BCUT2D eigenvalue weighted by atomic mass is 32.2. The Bertz CT molecular complexity index is 539. The highest BCUT2D eigenvalue weighted by molar-refractivity contribution is 7.99. The van der Waals surface area contributed by atoms with Crippen molar-refractivity contribution in [2.45, 2.75) is 17.0 Å². The summed E-state index contributed by atoms with van der Waals surface area (Å²) >= 11 is 1.23. The maximum atomic E-state index is 13.5. The Morgan fingerprint density at radius 3 is 2.82 bits per heavy atom. The van der Waals surface area contributed by atoms with Crippen molar-refractivity contribution in [1.29, 1.82) is 0 Å². The zero-order valence-electron chi connectivity index (χ0n) is 9.73. The van der Waals surface area contributed by atoms with E-state index in [1.807, 2.05) is 20.0 Å². The van der Waals surface area contributed by atoms with E-state index >= 15 is 0 Å². The fourth-order valence-corrected chi connectivity index (χ4v) is 2.21. The number of nitrogens with zero attached hydrogens (tertiary/aromatic N) is 4. The molecule has 0 radical (unpaired) electrons. The van der Waals surface area contributed by atoms with Crippen molar-refractivity contribution >= 4 is 17.7 Å². The number of aryl methyl sites for hydroxylation is 2. The van der Waals surface area contributed by atoms with Gasteiger partial charge in [0.2, 0.25) is 5.95 Å². The predicted molar refractivity (Wildman–Crippen MR) is 63.6 cm³/mol. The second kappa shape index (κ2) is 4.70. The zero-order valence-corrected chi connectivity index (χ0v) is 10.5. The van der Waals surface area contributed by atoms with Gasteiger partial charge < -0.3 is 5.32 Å². The normalized spacial score (nSPS) is 10.6. The molecule has 17 heavy (non-hydrogen) atoms. The van der Waals surface area contributed by atoms with Crippen molar-refractivity contribution in [2.75, 3.05) is 12.4 Å². The van der Waals surface area contributed by atoms with Crippen molar-refractivity contribution in [1.82, 2.24) is 19.7 Å². The molecule has 0 unspecified atom stereocenters. The van der Waals surface area contributed by atoms with Crippen LogP contribution in [0.15, 0.2) is 22.3 Å². The third kappa shape index (κ3) is 2.55. The van der Waals surface area contributed by atoms with Crippen LogP contribution in [0.3, 0.4) is 0 Å². The lowest BCUT2D eigenvalue weighted by Crippen LogP contribution is -2.00. The monoisotopic (exact) mass is 253 g/mol. The molecule has 2 aromatic rings. The lowest BCUT2D eigenvalue weighted by molar-refractivity contribution is 0.579. The Kier molecular flexibility index (Phi) is 3.28. The molecular formula is C10H12FN5S. The van der Waals surface area contributed by atoms with E-state index in [0.717, 1.165) is 16.9 Å². The van der Waals surface area contributed by atoms with Crippen LogP contribution in [0.4, 0.5) is 10.3 Å². The summed E-state index contributed by atoms with van der Waals surface area (Å²) in [5.41, 5.74) is 0.887. The van der Waals surface area contributed by atoms with Crippen LogP contribution < -0.4 is 5.32 Å². The van der Waals surface area contributed by atoms with E-state index < -0.39 is 5.82 Å². The maximum absolute atomic E-state index is 13.5. The van der Waals surface area contributed by atoms with Crippen LogP contribution in [0.1, 0.15) is 5.69 Å². The van der Waals surface area contributed by atoms with E-state index in [9.17, 15) is 4.39 Å². The van der Waals surface area contributed by atoms with Gasteiger partial charge in [-0.25, -0.2) is 14.4 Å². The first-order valence-electron chi connectivity index (χ1n) is 4.99. The molecule has 0 amide bonds. The lowest BCUT2D eigenvalue weighted by Gasteiger charge is -2.04. The minimum Gasteiger partial charge on any atom is -0.357 e. The second-order valence-corrected chi connectivity index (χ2v) is 4.46. The highest BCUT2D eigenvalue weighted by Gasteiger charge is 2.11. The minimum absolute atomic E-state index is 0.285. The van der Waals surface area contributed by atoms with Crippen LogP contribution >= 0.6 is 11.8 Å². The van der Waals surface area contributed by atoms with Gasteiger partial charge in [-0.05, 0) is 24.8 Å². The second-order valence-electron chi connectivity index (χ2n) is 3.45. The van der Waals surface area contributed by atoms with Gasteiger partial charge in [0.25, 0.3) is 0 Å². The number of anilines is 1. The Balaban J connectivity index is 2.32. The number of aromatic nitrogens is 4. The molecule has 0 aliphatic rings. The molecule has 0 spiro atoms. The van der Waals surface area contributed by atoms with Gasteiger partial charge in [0.15, 0.2) is 5.82 Å². The first-order valence-corrected chi connectivity index (χ1v) is 5.80. The summed E-state index contributed by atoms with van der Waals surface area (Å²) in [6, 6.07) is 1.88. The Labute approximate surface area is 102 Å². The minimum atomic E-state index is -0.437. The smallest absolute Gasteiger partial charge is 0.223 e. The summed E-state index contributed by atoms with van der Waals surface area (Å²) in [6.07, 6.45) is 1.16. The van der Waals surface area contributed by atoms with Crippen molar-refractivity contribution in [3.05, 3.63) is 23.8 Å². The van der Waals surface area contributed by atoms with E-state index in [4.69, 9.17) is 0 Å². The molecule has 2 heterocycles. The molecule has 0 saturated carbocycles. The molecule has 0 atom stereocenters. The van der Waals surface area contributed by atoms with Gasteiger partial charge in [0, 0.05) is 14.1 Å². The van der Waals surface area contributed by atoms with Crippen molar-refractivity contribution in [3.63, 3.8) is 0 Å². The van der Waals surface area contributed by atoms with Gasteiger partial charge in [-0.1, -0.05) is 0 Å². The Morgan fingerprint density at radius 1 is 1.47 bits per heavy atom. The standard InChI is InChI=1S/C10H12FN5S/c1-6-4-8(16(3)15-6)17-9-7(11)5-13-10(12-2)14-9/h4-5H,1-3H3,(H,12,13,14). The van der Waals surface area contributed by atoms with E-state index in [-0.39, 0.29) is 5.03 Å². The van der Waals surface area contributed by atoms with Gasteiger partial charge in [-0.3, -0.25) is 4.68 Å². The van der Waals surface area contributed by atoms with Crippen LogP contribution in [0.5, 0.6) is 0 Å². The summed E-state index contributed by atoms with van der Waals surface area (Å²) in [6.45, 7) is 1.89. The fraction of sp³-hybridized carbons (Fsp3) is 0.300. The molecule has 0 bridgehead atoms. The van der Waals surface area contributed by atoms with Gasteiger partial charge in [-0.15, -0.1) is 0 Å². The summed E-state index contributed by atoms with van der Waals surface area (Å²) in [4.78, 5) is 7.85. The van der Waals surface area contributed by atoms with E-state index in [2.05, 4.69) is 20.4 Å². The molecule has 2 rings (SSSR count). The topological polar surface area (TPSA) is 55.6 Å². The number of hydrogen-bond acceptors (Lipinski definition) is 5. The van der Waals surface area contributed by atoms with E-state index in [1.54, 1.807) is 11.7 Å². The van der Waals surface area contributed by atoms with Gasteiger partial charge >= 0.3 is 0 Å². The third-order valence-corrected chi connectivity index (χ3v) is 3.17. The molecular weight excluding hydrogens is 241 g/mol. The zero-order chi connectivity index (χ0) is 12.4. The van der Waals surface area contributed by atoms with E-state index in [1.165, 1.54) is 11.8 Å². The molecule has 1 N–H and O–H groups in total. The predicted octanol–water partition coefficient (Wildman–Crippen LogP) is 1.85. The molecule has 0 aromatic carbocycles. The quantitative estimate of drug-likeness (QED) is 0.846. The third-order valence-electron chi connectivity index (χ3n) is 2.10. The average Bonchev–Trinajstić information content (AvgIpc) is 2.60. The van der Waals surface area contributed by atoms with Crippen LogP contribution in [0, 0.1) is 12.7 Å². The van der Waals surface area contributed by atoms with Crippen molar-refractivity contribution < 1.29 is 4.39 Å². The first-order chi connectivity index (χ1) is 8.10. The van der Waals surface area contributed by atoms with Crippen LogP contribution in [0.2, 0.25) is 0 Å². The van der Waals surface area contributed by atoms with Gasteiger partial charge in [0.1, 0.15) is 10.1 Å². The average molecular weight is 253 g/mol. The van der Waals surface area contributed by atoms with E-state index in [0.29, 0.717) is 5.95 Å². The van der Waals surface area contributed by atoms with Crippen LogP contribution in [-0.2, 0) is 7.05 Å². The molecule has 90 valence electrons. The molecule has 7 heteroatoms. The summed E-state index contributed by atoms with van der Waals surface area (Å²) in [7, 11) is 3.50. The molecule has 0 aliphatic carbocycles. The Morgan fingerprint density at radius 2 is 2.24 bits per heavy atom. The van der Waals surface area contributed by atoms with Crippen molar-refractivity contribution in [2.24, 2.45) is 7.05 Å². The van der Waals surface area contributed by atoms with Crippen LogP contribution in [-0.4, -0.2) is 26.8 Å². The molecule has 2 aromatic heterocycles. The Hall–Kier alpha value is -1.63. The SMILES string of the molecule is CNc1ncc(F)c(Sc2cc(C)nn2C)n1. The largest absolute Gasteiger partial charge is 0.357 e. The lowest BCUT2D eigenvalue weighted by atomic mass is 10.5. The number of rotatable bonds is 3. The molecule has 5 nitrogen and oxygen atoms in total. The number of halogens is 1. The summed E-state index contributed by atoms with van der Waals surface area (Å²) in [5.74, 6) is -0.0411. The first kappa shape index (κ1) is 11.8. The van der Waals surface area contributed by atoms with Gasteiger partial charge in [0.05, 0.1) is 11.9 Å². The van der Waals surface area contributed by atoms with Crippen LogP contribution in [0.25, 0.3) is 0 Å². The number of nitrogens with one attached hydrogen (secondary N) is 1. The highest BCUT2D eigenvalue weighted by Crippen LogP contribution is 2.28. The molecule has 0 saturated heterocycles. The number of hydrogen-bond donors (Lipinski definition) is 1. The molecule has 0 aliphatic heterocycles. The van der Waals surface area contributed by atoms with Gasteiger partial charge in [-0.2, -0.15) is 5.10 Å². The summed E-state index contributed by atoms with van der Waals surface area (Å²) in [5, 5.41) is 8.09. The fourth-order valence-electron chi connectivity index (χ4n) is 1.32.